The van der Waals surface area contributed by atoms with Crippen LogP contribution < -0.4 is 10.1 Å². The molecule has 136 valence electrons. The number of nitrogens with zero attached hydrogens (tertiary/aromatic N) is 1. The van der Waals surface area contributed by atoms with Crippen molar-refractivity contribution < 1.29 is 18.2 Å². The molecule has 0 fully saturated rings. The Bertz CT molecular complexity index is 781. The molecule has 2 aromatic carbocycles. The SMILES string of the molecule is O=C1CCc2cc(OCCCC=NOSc3ccc(F)cc3)ccc2N1. The molecule has 0 spiro atoms. The second-order valence-electron chi connectivity index (χ2n) is 5.76. The summed E-state index contributed by atoms with van der Waals surface area (Å²) >= 11 is 1.08. The smallest absolute Gasteiger partial charge is 0.224 e. The number of rotatable bonds is 8. The van der Waals surface area contributed by atoms with Crippen LogP contribution in [0.3, 0.4) is 0 Å². The number of nitrogens with one attached hydrogen (secondary N) is 1. The summed E-state index contributed by atoms with van der Waals surface area (Å²) in [5.74, 6) is 0.590. The van der Waals surface area contributed by atoms with Crippen molar-refractivity contribution in [2.75, 3.05) is 11.9 Å². The number of oxime groups is 1. The molecule has 0 atom stereocenters. The second kappa shape index (κ2) is 9.24. The lowest BCUT2D eigenvalue weighted by Crippen LogP contribution is -2.18. The van der Waals surface area contributed by atoms with Gasteiger partial charge in [0.15, 0.2) is 0 Å². The summed E-state index contributed by atoms with van der Waals surface area (Å²) in [4.78, 5) is 12.1. The van der Waals surface area contributed by atoms with Gasteiger partial charge in [0.25, 0.3) is 0 Å². The third-order valence-electron chi connectivity index (χ3n) is 3.78. The number of anilines is 1. The molecule has 0 bridgehead atoms. The van der Waals surface area contributed by atoms with E-state index in [9.17, 15) is 9.18 Å². The fraction of sp³-hybridized carbons (Fsp3) is 0.263. The molecule has 0 unspecified atom stereocenters. The third-order valence-corrected chi connectivity index (χ3v) is 4.41. The minimum Gasteiger partial charge on any atom is -0.494 e. The van der Waals surface area contributed by atoms with Gasteiger partial charge in [-0.3, -0.25) is 4.79 Å². The van der Waals surface area contributed by atoms with Crippen LogP contribution in [0.1, 0.15) is 24.8 Å². The van der Waals surface area contributed by atoms with Gasteiger partial charge in [0.2, 0.25) is 5.91 Å². The molecule has 2 aromatic rings. The summed E-state index contributed by atoms with van der Waals surface area (Å²) < 4.78 is 23.6. The van der Waals surface area contributed by atoms with Crippen LogP contribution in [0, 0.1) is 5.82 Å². The van der Waals surface area contributed by atoms with Crippen LogP contribution >= 0.6 is 12.0 Å². The van der Waals surface area contributed by atoms with Gasteiger partial charge in [0.05, 0.1) is 11.5 Å². The molecule has 5 nitrogen and oxygen atoms in total. The van der Waals surface area contributed by atoms with Crippen molar-refractivity contribution in [3.63, 3.8) is 0 Å². The second-order valence-corrected chi connectivity index (χ2v) is 6.54. The number of carbonyl (C=O) groups excluding carboxylic acids is 1. The summed E-state index contributed by atoms with van der Waals surface area (Å²) in [5.41, 5.74) is 1.98. The standard InChI is InChI=1S/C19H19FN2O3S/c20-15-4-7-17(8-5-15)26-25-21-11-1-2-12-24-16-6-9-18-14(13-16)3-10-19(23)22-18/h4-9,11,13H,1-3,10,12H2,(H,22,23). The molecule has 0 aromatic heterocycles. The summed E-state index contributed by atoms with van der Waals surface area (Å²) in [6.45, 7) is 0.572. The van der Waals surface area contributed by atoms with E-state index in [0.29, 0.717) is 13.0 Å². The van der Waals surface area contributed by atoms with E-state index >= 15 is 0 Å². The van der Waals surface area contributed by atoms with Crippen LogP contribution in [0.4, 0.5) is 10.1 Å². The number of benzene rings is 2. The Kier molecular flexibility index (Phi) is 6.49. The van der Waals surface area contributed by atoms with E-state index in [-0.39, 0.29) is 11.7 Å². The van der Waals surface area contributed by atoms with Crippen LogP contribution in [0.25, 0.3) is 0 Å². The lowest BCUT2D eigenvalue weighted by molar-refractivity contribution is -0.116. The van der Waals surface area contributed by atoms with E-state index in [4.69, 9.17) is 9.02 Å². The fourth-order valence-corrected chi connectivity index (χ4v) is 2.89. The first kappa shape index (κ1) is 18.3. The van der Waals surface area contributed by atoms with Crippen molar-refractivity contribution in [1.82, 2.24) is 0 Å². The molecular weight excluding hydrogens is 355 g/mol. The molecule has 0 saturated carbocycles. The maximum absolute atomic E-state index is 12.8. The zero-order chi connectivity index (χ0) is 18.2. The number of aryl methyl sites for hydroxylation is 1. The van der Waals surface area contributed by atoms with Gasteiger partial charge in [-0.15, -0.1) is 0 Å². The van der Waals surface area contributed by atoms with Gasteiger partial charge in [-0.05, 0) is 67.3 Å². The van der Waals surface area contributed by atoms with Gasteiger partial charge in [-0.25, -0.2) is 4.39 Å². The van der Waals surface area contributed by atoms with E-state index in [1.807, 2.05) is 18.2 Å². The van der Waals surface area contributed by atoms with Crippen molar-refractivity contribution >= 4 is 29.9 Å². The average molecular weight is 374 g/mol. The maximum Gasteiger partial charge on any atom is 0.224 e. The molecule has 1 aliphatic heterocycles. The van der Waals surface area contributed by atoms with E-state index in [2.05, 4.69) is 10.5 Å². The molecule has 7 heteroatoms. The van der Waals surface area contributed by atoms with Crippen molar-refractivity contribution in [2.45, 2.75) is 30.6 Å². The van der Waals surface area contributed by atoms with Crippen LogP contribution in [0.2, 0.25) is 0 Å². The quantitative estimate of drug-likeness (QED) is 0.318. The number of hydrogen-bond acceptors (Lipinski definition) is 5. The molecular formula is C19H19FN2O3S. The zero-order valence-electron chi connectivity index (χ0n) is 14.1. The van der Waals surface area contributed by atoms with Crippen LogP contribution in [0.5, 0.6) is 5.75 Å². The van der Waals surface area contributed by atoms with Gasteiger partial charge < -0.3 is 14.3 Å². The molecule has 0 saturated heterocycles. The number of fused-ring (bicyclic) bond motifs is 1. The Morgan fingerprint density at radius 3 is 2.88 bits per heavy atom. The molecule has 26 heavy (non-hydrogen) atoms. The Morgan fingerprint density at radius 2 is 2.04 bits per heavy atom. The first-order valence-electron chi connectivity index (χ1n) is 8.37. The van der Waals surface area contributed by atoms with Crippen LogP contribution in [0.15, 0.2) is 52.5 Å². The predicted molar refractivity (Wildman–Crippen MR) is 100.0 cm³/mol. The Labute approximate surface area is 155 Å². The number of ether oxygens (including phenoxy) is 1. The minimum atomic E-state index is -0.276. The minimum absolute atomic E-state index is 0.0604. The van der Waals surface area contributed by atoms with Crippen LogP contribution in [-0.4, -0.2) is 18.7 Å². The van der Waals surface area contributed by atoms with Crippen molar-refractivity contribution in [1.29, 1.82) is 0 Å². The van der Waals surface area contributed by atoms with E-state index in [1.54, 1.807) is 18.3 Å². The monoisotopic (exact) mass is 374 g/mol. The van der Waals surface area contributed by atoms with Crippen molar-refractivity contribution in [2.24, 2.45) is 5.16 Å². The number of hydrogen-bond donors (Lipinski definition) is 1. The number of amides is 1. The first-order valence-corrected chi connectivity index (χ1v) is 9.11. The molecule has 3 rings (SSSR count). The average Bonchev–Trinajstić information content (AvgIpc) is 2.65. The van der Waals surface area contributed by atoms with E-state index in [0.717, 1.165) is 53.2 Å². The van der Waals surface area contributed by atoms with E-state index < -0.39 is 0 Å². The summed E-state index contributed by atoms with van der Waals surface area (Å²) in [5, 5.41) is 6.70. The van der Waals surface area contributed by atoms with Crippen molar-refractivity contribution in [3.05, 3.63) is 53.8 Å². The Hall–Kier alpha value is -2.54. The highest BCUT2D eigenvalue weighted by atomic mass is 32.2. The fourth-order valence-electron chi connectivity index (χ4n) is 2.45. The highest BCUT2D eigenvalue weighted by Gasteiger charge is 2.14. The largest absolute Gasteiger partial charge is 0.494 e. The van der Waals surface area contributed by atoms with Crippen LogP contribution in [-0.2, 0) is 15.5 Å². The zero-order valence-corrected chi connectivity index (χ0v) is 14.9. The highest BCUT2D eigenvalue weighted by molar-refractivity contribution is 7.94. The van der Waals surface area contributed by atoms with E-state index in [1.165, 1.54) is 12.1 Å². The first-order chi connectivity index (χ1) is 12.7. The highest BCUT2D eigenvalue weighted by Crippen LogP contribution is 2.26. The number of unbranched alkanes of at least 4 members (excludes halogenated alkanes) is 1. The third kappa shape index (κ3) is 5.49. The number of carbonyl (C=O) groups is 1. The Morgan fingerprint density at radius 1 is 1.19 bits per heavy atom. The lowest BCUT2D eigenvalue weighted by atomic mass is 10.0. The molecule has 1 aliphatic rings. The van der Waals surface area contributed by atoms with Gasteiger partial charge >= 0.3 is 0 Å². The normalized spacial score (nSPS) is 13.3. The summed E-state index contributed by atoms with van der Waals surface area (Å²) in [6, 6.07) is 11.7. The molecule has 0 aliphatic carbocycles. The van der Waals surface area contributed by atoms with Gasteiger partial charge in [0, 0.05) is 18.3 Å². The van der Waals surface area contributed by atoms with Crippen molar-refractivity contribution in [3.8, 4) is 5.75 Å². The summed E-state index contributed by atoms with van der Waals surface area (Å²) in [7, 11) is 0. The number of halogens is 1. The van der Waals surface area contributed by atoms with Gasteiger partial charge in [-0.1, -0.05) is 5.16 Å². The van der Waals surface area contributed by atoms with Gasteiger partial charge in [-0.2, -0.15) is 0 Å². The molecule has 0 radical (unpaired) electrons. The molecule has 1 heterocycles. The maximum atomic E-state index is 12.8. The molecule has 1 amide bonds. The predicted octanol–water partition coefficient (Wildman–Crippen LogP) is 4.58. The topological polar surface area (TPSA) is 59.9 Å². The molecule has 1 N–H and O–H groups in total. The Balaban J connectivity index is 1.32. The summed E-state index contributed by atoms with van der Waals surface area (Å²) in [6.07, 6.45) is 4.48. The van der Waals surface area contributed by atoms with Gasteiger partial charge in [0.1, 0.15) is 23.6 Å². The lowest BCUT2D eigenvalue weighted by Gasteiger charge is -2.17.